The lowest BCUT2D eigenvalue weighted by molar-refractivity contribution is -0.124. The summed E-state index contributed by atoms with van der Waals surface area (Å²) in [6.45, 7) is 8.78. The number of hydrogen-bond donors (Lipinski definition) is 3. The lowest BCUT2D eigenvalue weighted by Gasteiger charge is -2.20. The molecule has 1 unspecified atom stereocenters. The van der Waals surface area contributed by atoms with Crippen LogP contribution in [0.1, 0.15) is 25.1 Å². The summed E-state index contributed by atoms with van der Waals surface area (Å²) in [6, 6.07) is 7.31. The fourth-order valence-corrected chi connectivity index (χ4v) is 3.83. The molecule has 3 rings (SSSR count). The molecule has 0 aliphatic heterocycles. The van der Waals surface area contributed by atoms with Crippen LogP contribution in [0.2, 0.25) is 5.02 Å². The molecule has 35 heavy (non-hydrogen) atoms. The molecule has 11 heteroatoms. The first kappa shape index (κ1) is 26.4. The third-order valence-electron chi connectivity index (χ3n) is 5.29. The van der Waals surface area contributed by atoms with Gasteiger partial charge in [-0.2, -0.15) is 4.98 Å². The summed E-state index contributed by atoms with van der Waals surface area (Å²) >= 11 is 6.44. The molecule has 0 spiro atoms. The summed E-state index contributed by atoms with van der Waals surface area (Å²) in [7, 11) is 0. The highest BCUT2D eigenvalue weighted by Gasteiger charge is 2.17. The van der Waals surface area contributed by atoms with Gasteiger partial charge in [0.25, 0.3) is 5.89 Å². The Labute approximate surface area is 208 Å². The smallest absolute Gasteiger partial charge is 0.258 e. The van der Waals surface area contributed by atoms with E-state index in [0.29, 0.717) is 33.6 Å². The quantitative estimate of drug-likeness (QED) is 0.361. The van der Waals surface area contributed by atoms with E-state index in [9.17, 15) is 9.90 Å². The lowest BCUT2D eigenvalue weighted by atomic mass is 10.1. The number of anilines is 1. The summed E-state index contributed by atoms with van der Waals surface area (Å²) in [4.78, 5) is 22.4. The summed E-state index contributed by atoms with van der Waals surface area (Å²) in [5.74, 6) is 1.43. The maximum Gasteiger partial charge on any atom is 0.258 e. The number of hydrogen-bond acceptors (Lipinski definition) is 9. The van der Waals surface area contributed by atoms with E-state index < -0.39 is 18.6 Å². The summed E-state index contributed by atoms with van der Waals surface area (Å²) < 4.78 is 11.2. The van der Waals surface area contributed by atoms with Gasteiger partial charge >= 0.3 is 0 Å². The monoisotopic (exact) mass is 503 g/mol. The molecular formula is C24H30ClN5O5. The number of amides is 1. The van der Waals surface area contributed by atoms with Gasteiger partial charge in [0, 0.05) is 36.5 Å². The average Bonchev–Trinajstić information content (AvgIpc) is 3.33. The minimum absolute atomic E-state index is 0.0513. The Balaban J connectivity index is 1.77. The largest absolute Gasteiger partial charge is 0.489 e. The van der Waals surface area contributed by atoms with Crippen molar-refractivity contribution < 1.29 is 24.3 Å². The van der Waals surface area contributed by atoms with E-state index in [1.165, 1.54) is 0 Å². The molecule has 2 aromatic heterocycles. The van der Waals surface area contributed by atoms with Gasteiger partial charge in [-0.15, -0.1) is 0 Å². The number of nitrogens with one attached hydrogen (secondary N) is 1. The molecule has 0 radical (unpaired) electrons. The van der Waals surface area contributed by atoms with Crippen molar-refractivity contribution in [3.05, 3.63) is 40.5 Å². The Hall–Kier alpha value is -3.21. The predicted octanol–water partition coefficient (Wildman–Crippen LogP) is 2.76. The van der Waals surface area contributed by atoms with Crippen molar-refractivity contribution in [1.82, 2.24) is 20.4 Å². The molecule has 0 saturated heterocycles. The second kappa shape index (κ2) is 12.0. The van der Waals surface area contributed by atoms with E-state index >= 15 is 0 Å². The topological polar surface area (TPSA) is 134 Å². The number of benzene rings is 1. The van der Waals surface area contributed by atoms with Gasteiger partial charge in [0.1, 0.15) is 30.9 Å². The van der Waals surface area contributed by atoms with Crippen molar-refractivity contribution in [3.63, 3.8) is 0 Å². The number of rotatable bonds is 11. The molecule has 1 amide bonds. The van der Waals surface area contributed by atoms with Crippen LogP contribution < -0.4 is 15.0 Å². The van der Waals surface area contributed by atoms with E-state index in [2.05, 4.69) is 39.2 Å². The number of nitrogens with zero attached hydrogens (tertiary/aromatic N) is 4. The normalized spacial score (nSPS) is 11.9. The molecule has 0 bridgehead atoms. The maximum absolute atomic E-state index is 11.1. The van der Waals surface area contributed by atoms with Gasteiger partial charge in [-0.05, 0) is 57.5 Å². The molecule has 2 heterocycles. The number of aliphatic hydroxyl groups excluding tert-OH is 2. The Morgan fingerprint density at radius 2 is 1.91 bits per heavy atom. The zero-order valence-electron chi connectivity index (χ0n) is 20.2. The minimum atomic E-state index is -0.967. The molecule has 188 valence electrons. The summed E-state index contributed by atoms with van der Waals surface area (Å²) in [5.41, 5.74) is 3.00. The number of aromatic nitrogens is 3. The number of carbonyl (C=O) groups excluding carboxylic acids is 1. The second-order valence-electron chi connectivity index (χ2n) is 7.98. The molecular weight excluding hydrogens is 474 g/mol. The van der Waals surface area contributed by atoms with Gasteiger partial charge in [-0.3, -0.25) is 4.79 Å². The van der Waals surface area contributed by atoms with Crippen LogP contribution in [0.15, 0.2) is 28.8 Å². The maximum atomic E-state index is 11.1. The Bertz CT molecular complexity index is 1140. The molecule has 1 atom stereocenters. The Morgan fingerprint density at radius 3 is 2.57 bits per heavy atom. The van der Waals surface area contributed by atoms with Gasteiger partial charge in [0.15, 0.2) is 0 Å². The zero-order valence-corrected chi connectivity index (χ0v) is 21.0. The molecule has 3 N–H and O–H groups in total. The van der Waals surface area contributed by atoms with E-state index in [1.54, 1.807) is 6.07 Å². The van der Waals surface area contributed by atoms with Gasteiger partial charge < -0.3 is 29.7 Å². The number of aryl methyl sites for hydroxylation is 2. The fraction of sp³-hybridized carbons (Fsp3) is 0.417. The first-order chi connectivity index (χ1) is 16.7. The van der Waals surface area contributed by atoms with Crippen molar-refractivity contribution in [2.45, 2.75) is 33.8 Å². The highest BCUT2D eigenvalue weighted by atomic mass is 35.5. The van der Waals surface area contributed by atoms with Crippen molar-refractivity contribution in [3.8, 4) is 28.6 Å². The predicted molar refractivity (Wildman–Crippen MR) is 133 cm³/mol. The van der Waals surface area contributed by atoms with E-state index in [4.69, 9.17) is 26.0 Å². The third-order valence-corrected chi connectivity index (χ3v) is 5.57. The van der Waals surface area contributed by atoms with Gasteiger partial charge in [0.05, 0.1) is 5.02 Å². The number of aliphatic hydroxyl groups is 2. The van der Waals surface area contributed by atoms with Crippen LogP contribution in [0.25, 0.3) is 22.8 Å². The van der Waals surface area contributed by atoms with Crippen molar-refractivity contribution in [2.75, 3.05) is 37.7 Å². The van der Waals surface area contributed by atoms with E-state index in [-0.39, 0.29) is 13.2 Å². The van der Waals surface area contributed by atoms with Crippen LogP contribution >= 0.6 is 11.6 Å². The molecule has 0 aliphatic carbocycles. The minimum Gasteiger partial charge on any atom is -0.489 e. The van der Waals surface area contributed by atoms with Gasteiger partial charge in [-0.25, -0.2) is 4.98 Å². The molecule has 0 saturated carbocycles. The first-order valence-electron chi connectivity index (χ1n) is 11.3. The fourth-order valence-electron chi connectivity index (χ4n) is 3.51. The Morgan fingerprint density at radius 1 is 1.17 bits per heavy atom. The number of halogens is 1. The summed E-state index contributed by atoms with van der Waals surface area (Å²) in [6.07, 6.45) is -0.967. The number of carbonyl (C=O) groups is 1. The molecule has 1 aromatic carbocycles. The standard InChI is InChI=1S/C24H30ClN5O5/c1-5-30(6-2)20-10-17(8-15(4)27-20)24-28-23(29-35-24)16-7-14(3)22(19(25)9-16)34-13-18(32)11-26-21(33)12-31/h7-10,18,31-32H,5-6,11-13H2,1-4H3,(H,26,33). The third kappa shape index (κ3) is 6.68. The average molecular weight is 504 g/mol. The van der Waals surface area contributed by atoms with E-state index in [1.807, 2.05) is 32.0 Å². The highest BCUT2D eigenvalue weighted by Crippen LogP contribution is 2.34. The van der Waals surface area contributed by atoms with Crippen LogP contribution in [0.4, 0.5) is 5.82 Å². The molecule has 0 aliphatic rings. The SMILES string of the molecule is CCN(CC)c1cc(-c2nc(-c3cc(C)c(OCC(O)CNC(=O)CO)c(Cl)c3)no2)cc(C)n1. The number of pyridine rings is 1. The van der Waals surface area contributed by atoms with Gasteiger partial charge in [-0.1, -0.05) is 16.8 Å². The van der Waals surface area contributed by atoms with Crippen LogP contribution in [0.3, 0.4) is 0 Å². The first-order valence-corrected chi connectivity index (χ1v) is 11.7. The lowest BCUT2D eigenvalue weighted by Crippen LogP contribution is -2.36. The highest BCUT2D eigenvalue weighted by molar-refractivity contribution is 6.32. The molecule has 0 fully saturated rings. The van der Waals surface area contributed by atoms with Gasteiger partial charge in [0.2, 0.25) is 11.7 Å². The van der Waals surface area contributed by atoms with Crippen molar-refractivity contribution in [2.24, 2.45) is 0 Å². The molecule has 3 aromatic rings. The second-order valence-corrected chi connectivity index (χ2v) is 8.39. The summed E-state index contributed by atoms with van der Waals surface area (Å²) in [5, 5.41) is 25.5. The number of ether oxygens (including phenoxy) is 1. The van der Waals surface area contributed by atoms with Crippen LogP contribution in [0, 0.1) is 13.8 Å². The van der Waals surface area contributed by atoms with E-state index in [0.717, 1.165) is 30.2 Å². The van der Waals surface area contributed by atoms with Crippen LogP contribution in [-0.4, -0.2) is 70.2 Å². The van der Waals surface area contributed by atoms with Crippen LogP contribution in [0.5, 0.6) is 5.75 Å². The molecule has 10 nitrogen and oxygen atoms in total. The Kier molecular flexibility index (Phi) is 9.02. The van der Waals surface area contributed by atoms with Crippen LogP contribution in [-0.2, 0) is 4.79 Å². The zero-order chi connectivity index (χ0) is 25.5. The van der Waals surface area contributed by atoms with Crippen molar-refractivity contribution in [1.29, 1.82) is 0 Å². The van der Waals surface area contributed by atoms with Crippen molar-refractivity contribution >= 4 is 23.3 Å².